The van der Waals surface area contributed by atoms with E-state index in [0.717, 1.165) is 17.6 Å². The Morgan fingerprint density at radius 1 is 1.06 bits per heavy atom. The molecule has 2 heteroatoms. The van der Waals surface area contributed by atoms with Crippen molar-refractivity contribution in [2.75, 3.05) is 0 Å². The zero-order valence-corrected chi connectivity index (χ0v) is 11.5. The molecule has 0 fully saturated rings. The average Bonchev–Trinajstić information content (AvgIpc) is 2.38. The van der Waals surface area contributed by atoms with E-state index < -0.39 is 0 Å². The zero-order valence-electron chi connectivity index (χ0n) is 10.6. The predicted octanol–water partition coefficient (Wildman–Crippen LogP) is 4.41. The second-order valence-corrected chi connectivity index (χ2v) is 5.36. The first-order chi connectivity index (χ1) is 8.70. The molecule has 0 aliphatic heterocycles. The Morgan fingerprint density at radius 2 is 1.67 bits per heavy atom. The highest BCUT2D eigenvalue weighted by Crippen LogP contribution is 2.29. The van der Waals surface area contributed by atoms with Gasteiger partial charge in [0, 0.05) is 16.2 Å². The van der Waals surface area contributed by atoms with Crippen LogP contribution < -0.4 is 0 Å². The summed E-state index contributed by atoms with van der Waals surface area (Å²) in [5.74, 6) is 0.961. The SMILES string of the molecule is Cc1cc(C=O)cc(C)c1SCc1ccccc1. The number of carbonyl (C=O) groups excluding carboxylic acids is 1. The van der Waals surface area contributed by atoms with Crippen LogP contribution in [-0.2, 0) is 5.75 Å². The molecule has 0 radical (unpaired) electrons. The molecule has 0 amide bonds. The fourth-order valence-corrected chi connectivity index (χ4v) is 3.09. The second kappa shape index (κ2) is 5.87. The summed E-state index contributed by atoms with van der Waals surface area (Å²) in [5.41, 5.74) is 4.44. The Labute approximate surface area is 112 Å². The average molecular weight is 256 g/mol. The largest absolute Gasteiger partial charge is 0.298 e. The third kappa shape index (κ3) is 3.02. The zero-order chi connectivity index (χ0) is 13.0. The van der Waals surface area contributed by atoms with E-state index in [1.807, 2.05) is 30.0 Å². The molecule has 0 unspecified atom stereocenters. The summed E-state index contributed by atoms with van der Waals surface area (Å²) in [6.45, 7) is 4.13. The topological polar surface area (TPSA) is 17.1 Å². The first-order valence-corrected chi connectivity index (χ1v) is 6.92. The molecule has 2 aromatic carbocycles. The molecule has 0 heterocycles. The van der Waals surface area contributed by atoms with E-state index in [-0.39, 0.29) is 0 Å². The maximum atomic E-state index is 10.8. The summed E-state index contributed by atoms with van der Waals surface area (Å²) < 4.78 is 0. The number of thioether (sulfide) groups is 1. The van der Waals surface area contributed by atoms with Crippen LogP contribution in [0.1, 0.15) is 27.0 Å². The van der Waals surface area contributed by atoms with Crippen molar-refractivity contribution in [3.05, 3.63) is 64.7 Å². The molecule has 2 rings (SSSR count). The molecule has 0 N–H and O–H groups in total. The maximum absolute atomic E-state index is 10.8. The van der Waals surface area contributed by atoms with Crippen LogP contribution in [-0.4, -0.2) is 6.29 Å². The Morgan fingerprint density at radius 3 is 2.22 bits per heavy atom. The second-order valence-electron chi connectivity index (χ2n) is 4.38. The van der Waals surface area contributed by atoms with E-state index in [4.69, 9.17) is 0 Å². The highest BCUT2D eigenvalue weighted by molar-refractivity contribution is 7.98. The van der Waals surface area contributed by atoms with E-state index in [1.54, 1.807) is 0 Å². The van der Waals surface area contributed by atoms with Crippen LogP contribution >= 0.6 is 11.8 Å². The van der Waals surface area contributed by atoms with Gasteiger partial charge in [0.2, 0.25) is 0 Å². The number of rotatable bonds is 4. The number of hydrogen-bond donors (Lipinski definition) is 0. The lowest BCUT2D eigenvalue weighted by molar-refractivity contribution is 0.112. The third-order valence-electron chi connectivity index (χ3n) is 2.84. The molecule has 1 nitrogen and oxygen atoms in total. The van der Waals surface area contributed by atoms with Gasteiger partial charge in [0.25, 0.3) is 0 Å². The van der Waals surface area contributed by atoms with Gasteiger partial charge in [-0.2, -0.15) is 0 Å². The predicted molar refractivity (Wildman–Crippen MR) is 77.3 cm³/mol. The molecule has 92 valence electrons. The van der Waals surface area contributed by atoms with Gasteiger partial charge in [0.15, 0.2) is 0 Å². The molecule has 18 heavy (non-hydrogen) atoms. The van der Waals surface area contributed by atoms with Crippen LogP contribution in [0.25, 0.3) is 0 Å². The highest BCUT2D eigenvalue weighted by atomic mass is 32.2. The van der Waals surface area contributed by atoms with Crippen molar-refractivity contribution >= 4 is 18.0 Å². The minimum Gasteiger partial charge on any atom is -0.298 e. The Balaban J connectivity index is 2.17. The first kappa shape index (κ1) is 12.9. The lowest BCUT2D eigenvalue weighted by Crippen LogP contribution is -1.91. The number of aldehydes is 1. The summed E-state index contributed by atoms with van der Waals surface area (Å²) >= 11 is 1.83. The lowest BCUT2D eigenvalue weighted by atomic mass is 10.1. The molecule has 0 atom stereocenters. The summed E-state index contributed by atoms with van der Waals surface area (Å²) in [7, 11) is 0. The van der Waals surface area contributed by atoms with Crippen molar-refractivity contribution in [1.29, 1.82) is 0 Å². The molecule has 0 aliphatic carbocycles. The molecule has 0 aliphatic rings. The van der Waals surface area contributed by atoms with Crippen LogP contribution in [0.2, 0.25) is 0 Å². The van der Waals surface area contributed by atoms with Gasteiger partial charge in [-0.15, -0.1) is 11.8 Å². The molecule has 2 aromatic rings. The van der Waals surface area contributed by atoms with Gasteiger partial charge >= 0.3 is 0 Å². The molecule has 0 spiro atoms. The van der Waals surface area contributed by atoms with Gasteiger partial charge in [-0.05, 0) is 42.7 Å². The number of aryl methyl sites for hydroxylation is 2. The molecule has 0 bridgehead atoms. The first-order valence-electron chi connectivity index (χ1n) is 5.94. The van der Waals surface area contributed by atoms with Crippen molar-refractivity contribution in [3.63, 3.8) is 0 Å². The number of hydrogen-bond acceptors (Lipinski definition) is 2. The van der Waals surface area contributed by atoms with Gasteiger partial charge in [0.05, 0.1) is 0 Å². The van der Waals surface area contributed by atoms with Crippen LogP contribution in [0.5, 0.6) is 0 Å². The van der Waals surface area contributed by atoms with Crippen molar-refractivity contribution in [3.8, 4) is 0 Å². The van der Waals surface area contributed by atoms with Crippen LogP contribution in [0.4, 0.5) is 0 Å². The lowest BCUT2D eigenvalue weighted by Gasteiger charge is -2.10. The Bertz CT molecular complexity index is 523. The van der Waals surface area contributed by atoms with E-state index >= 15 is 0 Å². The van der Waals surface area contributed by atoms with E-state index in [0.29, 0.717) is 0 Å². The summed E-state index contributed by atoms with van der Waals surface area (Å²) in [4.78, 5) is 12.1. The van der Waals surface area contributed by atoms with E-state index in [2.05, 4.69) is 38.1 Å². The standard InChI is InChI=1S/C16H16OS/c1-12-8-15(10-17)9-13(2)16(12)18-11-14-6-4-3-5-7-14/h3-10H,11H2,1-2H3. The van der Waals surface area contributed by atoms with Gasteiger partial charge < -0.3 is 0 Å². The van der Waals surface area contributed by atoms with Crippen molar-refractivity contribution in [1.82, 2.24) is 0 Å². The number of carbonyl (C=O) groups is 1. The Hall–Kier alpha value is -1.54. The fraction of sp³-hybridized carbons (Fsp3) is 0.188. The van der Waals surface area contributed by atoms with Gasteiger partial charge in [-0.25, -0.2) is 0 Å². The molecule has 0 saturated carbocycles. The molecular formula is C16H16OS. The van der Waals surface area contributed by atoms with Gasteiger partial charge in [-0.3, -0.25) is 4.79 Å². The quantitative estimate of drug-likeness (QED) is 0.595. The van der Waals surface area contributed by atoms with Crippen molar-refractivity contribution in [2.24, 2.45) is 0 Å². The summed E-state index contributed by atoms with van der Waals surface area (Å²) in [6, 6.07) is 14.3. The maximum Gasteiger partial charge on any atom is 0.150 e. The van der Waals surface area contributed by atoms with Gasteiger partial charge in [0.1, 0.15) is 6.29 Å². The van der Waals surface area contributed by atoms with Crippen molar-refractivity contribution < 1.29 is 4.79 Å². The fourth-order valence-electron chi connectivity index (χ4n) is 2.01. The van der Waals surface area contributed by atoms with Crippen molar-refractivity contribution in [2.45, 2.75) is 24.5 Å². The molecule has 0 saturated heterocycles. The van der Waals surface area contributed by atoms with E-state index in [1.165, 1.54) is 21.6 Å². The molecular weight excluding hydrogens is 240 g/mol. The third-order valence-corrected chi connectivity index (χ3v) is 4.26. The summed E-state index contributed by atoms with van der Waals surface area (Å²) in [6.07, 6.45) is 0.908. The minimum atomic E-state index is 0.758. The summed E-state index contributed by atoms with van der Waals surface area (Å²) in [5, 5.41) is 0. The van der Waals surface area contributed by atoms with Crippen LogP contribution in [0.15, 0.2) is 47.4 Å². The molecule has 0 aromatic heterocycles. The highest BCUT2D eigenvalue weighted by Gasteiger charge is 2.06. The smallest absolute Gasteiger partial charge is 0.150 e. The Kier molecular flexibility index (Phi) is 4.21. The van der Waals surface area contributed by atoms with Crippen LogP contribution in [0, 0.1) is 13.8 Å². The van der Waals surface area contributed by atoms with Gasteiger partial charge in [-0.1, -0.05) is 30.3 Å². The van der Waals surface area contributed by atoms with Crippen LogP contribution in [0.3, 0.4) is 0 Å². The van der Waals surface area contributed by atoms with E-state index in [9.17, 15) is 4.79 Å². The minimum absolute atomic E-state index is 0.758. The monoisotopic (exact) mass is 256 g/mol. The normalized spacial score (nSPS) is 10.3. The number of benzene rings is 2.